The van der Waals surface area contributed by atoms with Gasteiger partial charge in [-0.2, -0.15) is 4.98 Å². The third-order valence-electron chi connectivity index (χ3n) is 4.72. The van der Waals surface area contributed by atoms with Gasteiger partial charge in [0.25, 0.3) is 11.8 Å². The summed E-state index contributed by atoms with van der Waals surface area (Å²) in [7, 11) is 0. The number of carbonyl (C=O) groups is 1. The summed E-state index contributed by atoms with van der Waals surface area (Å²) in [4.78, 5) is 16.9. The molecule has 8 heteroatoms. The normalized spacial score (nSPS) is 10.7. The van der Waals surface area contributed by atoms with Crippen LogP contribution in [-0.4, -0.2) is 16.0 Å². The molecule has 32 heavy (non-hydrogen) atoms. The van der Waals surface area contributed by atoms with Crippen LogP contribution in [0.25, 0.3) is 11.4 Å². The van der Waals surface area contributed by atoms with Crippen LogP contribution in [0.2, 0.25) is 0 Å². The molecule has 0 atom stereocenters. The van der Waals surface area contributed by atoms with Crippen LogP contribution in [0, 0.1) is 18.6 Å². The van der Waals surface area contributed by atoms with E-state index in [1.807, 2.05) is 31.2 Å². The topological polar surface area (TPSA) is 77.2 Å². The average Bonchev–Trinajstić information content (AvgIpc) is 3.26. The molecule has 162 valence electrons. The fourth-order valence-corrected chi connectivity index (χ4v) is 2.99. The van der Waals surface area contributed by atoms with Crippen molar-refractivity contribution in [2.45, 2.75) is 20.1 Å². The van der Waals surface area contributed by atoms with Gasteiger partial charge in [0.05, 0.1) is 5.56 Å². The minimum absolute atomic E-state index is 0.0320. The first-order valence-corrected chi connectivity index (χ1v) is 9.83. The highest BCUT2D eigenvalue weighted by molar-refractivity contribution is 5.96. The summed E-state index contributed by atoms with van der Waals surface area (Å²) in [5, 5.41) is 6.57. The van der Waals surface area contributed by atoms with E-state index in [0.717, 1.165) is 23.3 Å². The quantitative estimate of drug-likeness (QED) is 0.450. The molecule has 0 aliphatic heterocycles. The summed E-state index contributed by atoms with van der Waals surface area (Å²) in [6.07, 6.45) is 0. The highest BCUT2D eigenvalue weighted by Gasteiger charge is 2.15. The predicted molar refractivity (Wildman–Crippen MR) is 113 cm³/mol. The van der Waals surface area contributed by atoms with Crippen LogP contribution in [0.4, 0.5) is 8.78 Å². The van der Waals surface area contributed by atoms with Gasteiger partial charge in [-0.25, -0.2) is 8.78 Å². The standard InChI is InChI=1S/C24H19F2N3O3/c1-15-6-8-16(9-7-15)23-28-22(32-29-23)14-31-21-5-3-2-4-19(21)24(30)27-13-17-10-11-18(25)12-20(17)26/h2-12H,13-14H2,1H3,(H,27,30). The van der Waals surface area contributed by atoms with Gasteiger partial charge in [0.1, 0.15) is 17.4 Å². The van der Waals surface area contributed by atoms with Crippen LogP contribution in [0.5, 0.6) is 5.75 Å². The Bertz CT molecular complexity index is 1240. The van der Waals surface area contributed by atoms with Crippen LogP contribution in [0.3, 0.4) is 0 Å². The summed E-state index contributed by atoms with van der Waals surface area (Å²) in [5.74, 6) is -0.867. The smallest absolute Gasteiger partial charge is 0.264 e. The molecule has 0 bridgehead atoms. The molecule has 1 amide bonds. The van der Waals surface area contributed by atoms with Crippen molar-refractivity contribution in [2.24, 2.45) is 0 Å². The molecule has 0 fully saturated rings. The number of hydrogen-bond acceptors (Lipinski definition) is 5. The molecule has 1 N–H and O–H groups in total. The van der Waals surface area contributed by atoms with Gasteiger partial charge in [0.2, 0.25) is 5.82 Å². The first-order chi connectivity index (χ1) is 15.5. The fraction of sp³-hybridized carbons (Fsp3) is 0.125. The van der Waals surface area contributed by atoms with Crippen molar-refractivity contribution in [3.05, 3.63) is 101 Å². The highest BCUT2D eigenvalue weighted by atomic mass is 19.1. The molecule has 6 nitrogen and oxygen atoms in total. The Morgan fingerprint density at radius 2 is 1.84 bits per heavy atom. The van der Waals surface area contributed by atoms with E-state index in [1.165, 1.54) is 6.07 Å². The first-order valence-electron chi connectivity index (χ1n) is 9.83. The number of rotatable bonds is 7. The number of hydrogen-bond donors (Lipinski definition) is 1. The van der Waals surface area contributed by atoms with E-state index in [9.17, 15) is 13.6 Å². The Hall–Kier alpha value is -4.07. The first kappa shape index (κ1) is 21.2. The summed E-state index contributed by atoms with van der Waals surface area (Å²) >= 11 is 0. The molecule has 0 unspecified atom stereocenters. The van der Waals surface area contributed by atoms with Gasteiger partial charge in [-0.1, -0.05) is 53.2 Å². The van der Waals surface area contributed by atoms with E-state index >= 15 is 0 Å². The molecule has 0 aliphatic carbocycles. The number of benzene rings is 3. The van der Waals surface area contributed by atoms with Crippen molar-refractivity contribution in [1.29, 1.82) is 0 Å². The van der Waals surface area contributed by atoms with Gasteiger partial charge in [0.15, 0.2) is 6.61 Å². The molecule has 0 spiro atoms. The Morgan fingerprint density at radius 3 is 2.62 bits per heavy atom. The van der Waals surface area contributed by atoms with Gasteiger partial charge < -0.3 is 14.6 Å². The van der Waals surface area contributed by atoms with E-state index in [1.54, 1.807) is 24.3 Å². The Labute approximate surface area is 182 Å². The number of halogens is 2. The maximum atomic E-state index is 13.8. The van der Waals surface area contributed by atoms with Crippen LogP contribution in [-0.2, 0) is 13.2 Å². The summed E-state index contributed by atoms with van der Waals surface area (Å²) in [6, 6.07) is 17.5. The maximum Gasteiger partial charge on any atom is 0.264 e. The third-order valence-corrected chi connectivity index (χ3v) is 4.72. The zero-order valence-corrected chi connectivity index (χ0v) is 17.1. The van der Waals surface area contributed by atoms with Crippen molar-refractivity contribution >= 4 is 5.91 Å². The molecule has 0 aliphatic rings. The second-order valence-corrected chi connectivity index (χ2v) is 7.08. The van der Waals surface area contributed by atoms with Gasteiger partial charge in [-0.15, -0.1) is 0 Å². The number of amides is 1. The molecular weight excluding hydrogens is 416 g/mol. The average molecular weight is 435 g/mol. The van der Waals surface area contributed by atoms with Gasteiger partial charge in [-0.3, -0.25) is 4.79 Å². The molecule has 0 saturated heterocycles. The van der Waals surface area contributed by atoms with E-state index in [0.29, 0.717) is 11.6 Å². The fourth-order valence-electron chi connectivity index (χ4n) is 2.99. The molecular formula is C24H19F2N3O3. The second kappa shape index (κ2) is 9.38. The Kier molecular flexibility index (Phi) is 6.21. The lowest BCUT2D eigenvalue weighted by molar-refractivity contribution is 0.0945. The van der Waals surface area contributed by atoms with Crippen LogP contribution >= 0.6 is 0 Å². The van der Waals surface area contributed by atoms with Crippen molar-refractivity contribution in [3.8, 4) is 17.1 Å². The third kappa shape index (κ3) is 4.97. The minimum Gasteiger partial charge on any atom is -0.483 e. The van der Waals surface area contributed by atoms with E-state index in [2.05, 4.69) is 15.5 Å². The summed E-state index contributed by atoms with van der Waals surface area (Å²) < 4.78 is 37.8. The maximum absolute atomic E-state index is 13.8. The van der Waals surface area contributed by atoms with Gasteiger partial charge >= 0.3 is 0 Å². The van der Waals surface area contributed by atoms with Crippen molar-refractivity contribution in [2.75, 3.05) is 0 Å². The lowest BCUT2D eigenvalue weighted by atomic mass is 10.1. The predicted octanol–water partition coefficient (Wildman–Crippen LogP) is 4.83. The van der Waals surface area contributed by atoms with Crippen molar-refractivity contribution < 1.29 is 22.8 Å². The SMILES string of the molecule is Cc1ccc(-c2noc(COc3ccccc3C(=O)NCc3ccc(F)cc3F)n2)cc1. The zero-order valence-electron chi connectivity index (χ0n) is 17.1. The van der Waals surface area contributed by atoms with Gasteiger partial charge in [-0.05, 0) is 25.1 Å². The minimum atomic E-state index is -0.726. The number of ether oxygens (including phenoxy) is 1. The molecule has 0 radical (unpaired) electrons. The van der Waals surface area contributed by atoms with Crippen molar-refractivity contribution in [1.82, 2.24) is 15.5 Å². The van der Waals surface area contributed by atoms with Crippen LogP contribution in [0.1, 0.15) is 27.4 Å². The monoisotopic (exact) mass is 435 g/mol. The zero-order chi connectivity index (χ0) is 22.5. The second-order valence-electron chi connectivity index (χ2n) is 7.08. The molecule has 1 heterocycles. The molecule has 1 aromatic heterocycles. The number of carbonyl (C=O) groups excluding carboxylic acids is 1. The molecule has 4 aromatic rings. The molecule has 3 aromatic carbocycles. The number of nitrogens with one attached hydrogen (secondary N) is 1. The number of aryl methyl sites for hydroxylation is 1. The van der Waals surface area contributed by atoms with Gasteiger partial charge in [0, 0.05) is 23.7 Å². The molecule has 4 rings (SSSR count). The number of para-hydroxylation sites is 1. The lowest BCUT2D eigenvalue weighted by Crippen LogP contribution is -2.24. The highest BCUT2D eigenvalue weighted by Crippen LogP contribution is 2.21. The summed E-state index contributed by atoms with van der Waals surface area (Å²) in [5.41, 5.74) is 2.37. The van der Waals surface area contributed by atoms with Crippen molar-refractivity contribution in [3.63, 3.8) is 0 Å². The Morgan fingerprint density at radius 1 is 1.06 bits per heavy atom. The lowest BCUT2D eigenvalue weighted by Gasteiger charge is -2.11. The van der Waals surface area contributed by atoms with E-state index < -0.39 is 17.5 Å². The molecule has 0 saturated carbocycles. The summed E-state index contributed by atoms with van der Waals surface area (Å²) in [6.45, 7) is 1.86. The van der Waals surface area contributed by atoms with E-state index in [-0.39, 0.29) is 30.2 Å². The van der Waals surface area contributed by atoms with E-state index in [4.69, 9.17) is 9.26 Å². The largest absolute Gasteiger partial charge is 0.483 e. The van der Waals surface area contributed by atoms with Crippen LogP contribution < -0.4 is 10.1 Å². The number of aromatic nitrogens is 2. The number of nitrogens with zero attached hydrogens (tertiary/aromatic N) is 2. The Balaban J connectivity index is 1.41. The van der Waals surface area contributed by atoms with Crippen LogP contribution in [0.15, 0.2) is 71.3 Å².